The first-order valence-corrected chi connectivity index (χ1v) is 7.90. The Morgan fingerprint density at radius 1 is 1.03 bits per heavy atom. The van der Waals surface area contributed by atoms with Gasteiger partial charge in [0.2, 0.25) is 0 Å². The zero-order valence-corrected chi connectivity index (χ0v) is 15.3. The van der Waals surface area contributed by atoms with Crippen molar-refractivity contribution in [2.24, 2.45) is 10.9 Å². The SMILES string of the molecule is CC(C)(C)c1oncc1C(=O)O/N=C(\N)c1cc(C(F)(F)F)cc(C(F)(F)F)c1. The third kappa shape index (κ3) is 5.27. The largest absolute Gasteiger partial charge is 0.416 e. The van der Waals surface area contributed by atoms with Crippen LogP contribution in [0, 0.1) is 0 Å². The summed E-state index contributed by atoms with van der Waals surface area (Å²) < 4.78 is 82.4. The van der Waals surface area contributed by atoms with Crippen molar-refractivity contribution in [2.45, 2.75) is 38.5 Å². The maximum atomic E-state index is 12.9. The number of oxime groups is 1. The Bertz CT molecular complexity index is 907. The van der Waals surface area contributed by atoms with E-state index in [4.69, 9.17) is 10.3 Å². The highest BCUT2D eigenvalue weighted by atomic mass is 19.4. The molecule has 0 saturated carbocycles. The van der Waals surface area contributed by atoms with Crippen molar-refractivity contribution in [3.8, 4) is 0 Å². The van der Waals surface area contributed by atoms with Gasteiger partial charge in [0.05, 0.1) is 17.3 Å². The molecule has 0 radical (unpaired) electrons. The van der Waals surface area contributed by atoms with Crippen molar-refractivity contribution in [3.63, 3.8) is 0 Å². The zero-order valence-electron chi connectivity index (χ0n) is 15.3. The zero-order chi connectivity index (χ0) is 22.2. The summed E-state index contributed by atoms with van der Waals surface area (Å²) in [5, 5.41) is 6.63. The van der Waals surface area contributed by atoms with Crippen LogP contribution >= 0.6 is 0 Å². The fourth-order valence-electron chi connectivity index (χ4n) is 2.22. The highest BCUT2D eigenvalue weighted by molar-refractivity contribution is 5.98. The summed E-state index contributed by atoms with van der Waals surface area (Å²) in [4.78, 5) is 16.7. The van der Waals surface area contributed by atoms with Gasteiger partial charge < -0.3 is 15.1 Å². The molecule has 6 nitrogen and oxygen atoms in total. The number of nitrogens with two attached hydrogens (primary N) is 1. The summed E-state index contributed by atoms with van der Waals surface area (Å²) in [7, 11) is 0. The molecule has 0 amide bonds. The van der Waals surface area contributed by atoms with Crippen LogP contribution in [0.2, 0.25) is 0 Å². The number of carbonyl (C=O) groups is 1. The first-order valence-electron chi connectivity index (χ1n) is 7.90. The average Bonchev–Trinajstić information content (AvgIpc) is 3.07. The Morgan fingerprint density at radius 2 is 1.55 bits per heavy atom. The summed E-state index contributed by atoms with van der Waals surface area (Å²) in [6, 6.07) is 0.666. The van der Waals surface area contributed by atoms with Crippen molar-refractivity contribution < 1.29 is 40.5 Å². The lowest BCUT2D eigenvalue weighted by Gasteiger charge is -2.15. The number of amidine groups is 1. The fourth-order valence-corrected chi connectivity index (χ4v) is 2.22. The lowest BCUT2D eigenvalue weighted by molar-refractivity contribution is -0.143. The van der Waals surface area contributed by atoms with Crippen LogP contribution in [0.15, 0.2) is 34.1 Å². The monoisotopic (exact) mass is 423 g/mol. The molecule has 0 saturated heterocycles. The van der Waals surface area contributed by atoms with Gasteiger partial charge in [0.25, 0.3) is 0 Å². The standard InChI is InChI=1S/C17H15F6N3O3/c1-15(2,3)12-11(7-25-28-12)14(27)29-26-13(24)8-4-9(16(18,19)20)6-10(5-8)17(21,22)23/h4-7H,1-3H3,(H2,24,26). The van der Waals surface area contributed by atoms with Gasteiger partial charge >= 0.3 is 18.3 Å². The van der Waals surface area contributed by atoms with Gasteiger partial charge in [-0.25, -0.2) is 4.79 Å². The van der Waals surface area contributed by atoms with Gasteiger partial charge in [0.15, 0.2) is 11.6 Å². The second kappa shape index (κ2) is 7.41. The first kappa shape index (κ1) is 22.2. The molecule has 0 aliphatic rings. The average molecular weight is 423 g/mol. The van der Waals surface area contributed by atoms with Crippen molar-refractivity contribution >= 4 is 11.8 Å². The Labute approximate surface area is 160 Å². The van der Waals surface area contributed by atoms with Crippen LogP contribution in [0.3, 0.4) is 0 Å². The van der Waals surface area contributed by atoms with Gasteiger partial charge in [0, 0.05) is 11.0 Å². The van der Waals surface area contributed by atoms with E-state index < -0.39 is 46.3 Å². The van der Waals surface area contributed by atoms with Crippen LogP contribution in [-0.2, 0) is 22.6 Å². The van der Waals surface area contributed by atoms with Crippen molar-refractivity contribution in [1.82, 2.24) is 5.16 Å². The molecule has 158 valence electrons. The van der Waals surface area contributed by atoms with E-state index in [-0.39, 0.29) is 17.4 Å². The number of rotatable bonds is 3. The normalized spacial score (nSPS) is 13.5. The van der Waals surface area contributed by atoms with Crippen LogP contribution in [0.5, 0.6) is 0 Å². The number of hydrogen-bond donors (Lipinski definition) is 1. The predicted octanol–water partition coefficient (Wildman–Crippen LogP) is 4.49. The highest BCUT2D eigenvalue weighted by Crippen LogP contribution is 2.36. The maximum absolute atomic E-state index is 12.9. The van der Waals surface area contributed by atoms with E-state index in [0.29, 0.717) is 12.1 Å². The Kier molecular flexibility index (Phi) is 5.68. The first-order chi connectivity index (χ1) is 13.1. The van der Waals surface area contributed by atoms with Gasteiger partial charge in [-0.1, -0.05) is 31.1 Å². The summed E-state index contributed by atoms with van der Waals surface area (Å²) in [5.41, 5.74) is 0.805. The molecule has 12 heteroatoms. The van der Waals surface area contributed by atoms with Crippen LogP contribution in [0.25, 0.3) is 0 Å². The quantitative estimate of drug-likeness (QED) is 0.258. The molecule has 1 aromatic carbocycles. The van der Waals surface area contributed by atoms with Crippen molar-refractivity contribution in [3.05, 3.63) is 52.4 Å². The Morgan fingerprint density at radius 3 is 2.00 bits per heavy atom. The molecule has 0 bridgehead atoms. The Hall–Kier alpha value is -3.05. The van der Waals surface area contributed by atoms with E-state index >= 15 is 0 Å². The van der Waals surface area contributed by atoms with Crippen LogP contribution < -0.4 is 5.73 Å². The van der Waals surface area contributed by atoms with Crippen LogP contribution in [-0.4, -0.2) is 17.0 Å². The topological polar surface area (TPSA) is 90.7 Å². The lowest BCUT2D eigenvalue weighted by Crippen LogP contribution is -2.20. The minimum absolute atomic E-state index is 0.0600. The molecule has 0 aliphatic carbocycles. The number of nitrogens with zero attached hydrogens (tertiary/aromatic N) is 2. The van der Waals surface area contributed by atoms with Gasteiger partial charge in [-0.2, -0.15) is 26.3 Å². The van der Waals surface area contributed by atoms with Crippen molar-refractivity contribution in [2.75, 3.05) is 0 Å². The highest BCUT2D eigenvalue weighted by Gasteiger charge is 2.37. The number of hydrogen-bond acceptors (Lipinski definition) is 5. The molecule has 0 spiro atoms. The summed E-state index contributed by atoms with van der Waals surface area (Å²) in [6.07, 6.45) is -9.07. The molecule has 2 N–H and O–H groups in total. The number of halogens is 6. The van der Waals surface area contributed by atoms with E-state index in [2.05, 4.69) is 15.1 Å². The van der Waals surface area contributed by atoms with Crippen LogP contribution in [0.4, 0.5) is 26.3 Å². The van der Waals surface area contributed by atoms with E-state index in [0.717, 1.165) is 6.20 Å². The predicted molar refractivity (Wildman–Crippen MR) is 87.8 cm³/mol. The second-order valence-electron chi connectivity index (χ2n) is 6.97. The molecular formula is C17H15F6N3O3. The number of alkyl halides is 6. The molecule has 0 fully saturated rings. The summed E-state index contributed by atoms with van der Waals surface area (Å²) in [6.45, 7) is 5.13. The van der Waals surface area contributed by atoms with Gasteiger partial charge in [-0.15, -0.1) is 0 Å². The molecule has 0 unspecified atom stereocenters. The van der Waals surface area contributed by atoms with E-state index in [9.17, 15) is 31.1 Å². The van der Waals surface area contributed by atoms with Gasteiger partial charge in [-0.05, 0) is 18.2 Å². The minimum atomic E-state index is -5.06. The molecule has 2 rings (SSSR count). The molecule has 1 aromatic heterocycles. The number of carbonyl (C=O) groups excluding carboxylic acids is 1. The maximum Gasteiger partial charge on any atom is 0.416 e. The Balaban J connectivity index is 2.37. The second-order valence-corrected chi connectivity index (χ2v) is 6.97. The molecule has 2 aromatic rings. The van der Waals surface area contributed by atoms with Crippen LogP contribution in [0.1, 0.15) is 53.6 Å². The third-order valence-corrected chi connectivity index (χ3v) is 3.58. The van der Waals surface area contributed by atoms with E-state index in [1.807, 2.05) is 0 Å². The molecule has 0 aliphatic heterocycles. The number of benzene rings is 1. The summed E-state index contributed by atoms with van der Waals surface area (Å²) >= 11 is 0. The lowest BCUT2D eigenvalue weighted by atomic mass is 9.91. The third-order valence-electron chi connectivity index (χ3n) is 3.58. The molecule has 0 atom stereocenters. The smallest absolute Gasteiger partial charge is 0.380 e. The fraction of sp³-hybridized carbons (Fsp3) is 0.353. The minimum Gasteiger partial charge on any atom is -0.380 e. The summed E-state index contributed by atoms with van der Waals surface area (Å²) in [5.74, 6) is -1.81. The van der Waals surface area contributed by atoms with Crippen molar-refractivity contribution in [1.29, 1.82) is 0 Å². The van der Waals surface area contributed by atoms with Gasteiger partial charge in [-0.3, -0.25) is 0 Å². The molecule has 29 heavy (non-hydrogen) atoms. The van der Waals surface area contributed by atoms with E-state index in [1.54, 1.807) is 20.8 Å². The molecular weight excluding hydrogens is 408 g/mol. The number of aromatic nitrogens is 1. The van der Waals surface area contributed by atoms with Gasteiger partial charge in [0.1, 0.15) is 5.56 Å². The molecule has 1 heterocycles. The van der Waals surface area contributed by atoms with E-state index in [1.165, 1.54) is 0 Å².